The van der Waals surface area contributed by atoms with Gasteiger partial charge in [0.05, 0.1) is 17.0 Å². The summed E-state index contributed by atoms with van der Waals surface area (Å²) in [4.78, 5) is 12.6. The van der Waals surface area contributed by atoms with Crippen molar-refractivity contribution in [1.82, 2.24) is 0 Å². The lowest BCUT2D eigenvalue weighted by atomic mass is 10.1. The molecule has 2 aromatic carbocycles. The van der Waals surface area contributed by atoms with Crippen molar-refractivity contribution in [3.63, 3.8) is 0 Å². The van der Waals surface area contributed by atoms with E-state index in [1.165, 1.54) is 17.1 Å². The average molecular weight is 324 g/mol. The van der Waals surface area contributed by atoms with Crippen molar-refractivity contribution in [3.8, 4) is 11.5 Å². The number of hydrazone groups is 1. The van der Waals surface area contributed by atoms with Gasteiger partial charge in [-0.25, -0.2) is 4.39 Å². The van der Waals surface area contributed by atoms with Crippen LogP contribution in [0.3, 0.4) is 0 Å². The van der Waals surface area contributed by atoms with Gasteiger partial charge in [-0.1, -0.05) is 12.1 Å². The SMILES string of the molecule is CC1=NN(c2cccc(F)c2)C(=O)/C1=C\c1ccc2c(c1)OCO2. The van der Waals surface area contributed by atoms with E-state index >= 15 is 0 Å². The molecule has 0 N–H and O–H groups in total. The molecule has 5 nitrogen and oxygen atoms in total. The molecular formula is C18H13FN2O3. The number of ether oxygens (including phenoxy) is 2. The Morgan fingerprint density at radius 1 is 1.17 bits per heavy atom. The summed E-state index contributed by atoms with van der Waals surface area (Å²) in [7, 11) is 0. The monoisotopic (exact) mass is 324 g/mol. The lowest BCUT2D eigenvalue weighted by Gasteiger charge is -2.11. The van der Waals surface area contributed by atoms with E-state index in [1.807, 2.05) is 6.07 Å². The number of carbonyl (C=O) groups excluding carboxylic acids is 1. The van der Waals surface area contributed by atoms with Gasteiger partial charge in [-0.3, -0.25) is 4.79 Å². The van der Waals surface area contributed by atoms with Crippen molar-refractivity contribution in [2.75, 3.05) is 11.8 Å². The number of nitrogens with zero attached hydrogens (tertiary/aromatic N) is 2. The number of halogens is 1. The Labute approximate surface area is 137 Å². The third kappa shape index (κ3) is 2.42. The molecule has 0 saturated carbocycles. The first kappa shape index (κ1) is 14.4. The van der Waals surface area contributed by atoms with Crippen LogP contribution in [0.25, 0.3) is 6.08 Å². The molecule has 6 heteroatoms. The maximum absolute atomic E-state index is 13.4. The van der Waals surface area contributed by atoms with Gasteiger partial charge < -0.3 is 9.47 Å². The molecule has 0 radical (unpaired) electrons. The summed E-state index contributed by atoms with van der Waals surface area (Å²) < 4.78 is 24.0. The molecule has 24 heavy (non-hydrogen) atoms. The first-order valence-electron chi connectivity index (χ1n) is 7.39. The molecule has 0 unspecified atom stereocenters. The van der Waals surface area contributed by atoms with Gasteiger partial charge in [0.2, 0.25) is 6.79 Å². The highest BCUT2D eigenvalue weighted by atomic mass is 19.1. The van der Waals surface area contributed by atoms with Crippen LogP contribution < -0.4 is 14.5 Å². The van der Waals surface area contributed by atoms with Crippen LogP contribution in [0, 0.1) is 5.82 Å². The first-order chi connectivity index (χ1) is 11.6. The summed E-state index contributed by atoms with van der Waals surface area (Å²) in [6.07, 6.45) is 1.74. The molecule has 0 saturated heterocycles. The van der Waals surface area contributed by atoms with Crippen LogP contribution >= 0.6 is 0 Å². The van der Waals surface area contributed by atoms with Crippen molar-refractivity contribution in [2.24, 2.45) is 5.10 Å². The van der Waals surface area contributed by atoms with Crippen molar-refractivity contribution >= 4 is 23.4 Å². The van der Waals surface area contributed by atoms with Crippen molar-refractivity contribution in [2.45, 2.75) is 6.92 Å². The Bertz CT molecular complexity index is 905. The van der Waals surface area contributed by atoms with Crippen LogP contribution in [-0.2, 0) is 4.79 Å². The van der Waals surface area contributed by atoms with Crippen LogP contribution in [0.1, 0.15) is 12.5 Å². The average Bonchev–Trinajstić information content (AvgIpc) is 3.14. The summed E-state index contributed by atoms with van der Waals surface area (Å²) in [6, 6.07) is 11.2. The number of benzene rings is 2. The highest BCUT2D eigenvalue weighted by Crippen LogP contribution is 2.33. The fourth-order valence-electron chi connectivity index (χ4n) is 2.64. The van der Waals surface area contributed by atoms with Gasteiger partial charge in [0.15, 0.2) is 11.5 Å². The number of amides is 1. The van der Waals surface area contributed by atoms with Crippen molar-refractivity contribution in [3.05, 3.63) is 59.4 Å². The molecule has 0 atom stereocenters. The van der Waals surface area contributed by atoms with Gasteiger partial charge >= 0.3 is 0 Å². The molecule has 2 aromatic rings. The van der Waals surface area contributed by atoms with Crippen molar-refractivity contribution in [1.29, 1.82) is 0 Å². The molecule has 1 amide bonds. The molecule has 0 spiro atoms. The lowest BCUT2D eigenvalue weighted by molar-refractivity contribution is -0.114. The quantitative estimate of drug-likeness (QED) is 0.796. The molecule has 2 heterocycles. The highest BCUT2D eigenvalue weighted by Gasteiger charge is 2.29. The van der Waals surface area contributed by atoms with Crippen LogP contribution in [0.5, 0.6) is 11.5 Å². The second-order valence-corrected chi connectivity index (χ2v) is 5.45. The first-order valence-corrected chi connectivity index (χ1v) is 7.39. The maximum atomic E-state index is 13.4. The fourth-order valence-corrected chi connectivity index (χ4v) is 2.64. The van der Waals surface area contributed by atoms with Crippen LogP contribution in [-0.4, -0.2) is 18.4 Å². The van der Waals surface area contributed by atoms with Gasteiger partial charge in [0.25, 0.3) is 5.91 Å². The molecule has 2 aliphatic rings. The standard InChI is InChI=1S/C18H13FN2O3/c1-11-15(7-12-5-6-16-17(8-12)24-10-23-16)18(22)21(20-11)14-4-2-3-13(19)9-14/h2-9H,10H2,1H3/b15-7-. The third-order valence-corrected chi connectivity index (χ3v) is 3.82. The number of rotatable bonds is 2. The highest BCUT2D eigenvalue weighted by molar-refractivity contribution is 6.32. The largest absolute Gasteiger partial charge is 0.454 e. The van der Waals surface area contributed by atoms with E-state index in [2.05, 4.69) is 5.10 Å². The normalized spacial score (nSPS) is 17.6. The minimum atomic E-state index is -0.415. The Morgan fingerprint density at radius 2 is 2.00 bits per heavy atom. The zero-order chi connectivity index (χ0) is 16.7. The molecule has 0 aromatic heterocycles. The Balaban J connectivity index is 1.67. The van der Waals surface area contributed by atoms with Crippen LogP contribution in [0.2, 0.25) is 0 Å². The minimum Gasteiger partial charge on any atom is -0.454 e. The van der Waals surface area contributed by atoms with E-state index < -0.39 is 5.82 Å². The Morgan fingerprint density at radius 3 is 2.83 bits per heavy atom. The van der Waals surface area contributed by atoms with E-state index in [9.17, 15) is 9.18 Å². The number of carbonyl (C=O) groups is 1. The number of hydrogen-bond donors (Lipinski definition) is 0. The summed E-state index contributed by atoms with van der Waals surface area (Å²) >= 11 is 0. The van der Waals surface area contributed by atoms with E-state index in [1.54, 1.807) is 37.3 Å². The predicted molar refractivity (Wildman–Crippen MR) is 87.5 cm³/mol. The Hall–Kier alpha value is -3.15. The molecule has 4 rings (SSSR count). The lowest BCUT2D eigenvalue weighted by Crippen LogP contribution is -2.21. The summed E-state index contributed by atoms with van der Waals surface area (Å²) in [5.41, 5.74) is 2.23. The van der Waals surface area contributed by atoms with Gasteiger partial charge in [-0.15, -0.1) is 0 Å². The van der Waals surface area contributed by atoms with Crippen molar-refractivity contribution < 1.29 is 18.7 Å². The third-order valence-electron chi connectivity index (χ3n) is 3.82. The van der Waals surface area contributed by atoms with E-state index in [4.69, 9.17) is 9.47 Å². The van der Waals surface area contributed by atoms with Crippen LogP contribution in [0.4, 0.5) is 10.1 Å². The zero-order valence-corrected chi connectivity index (χ0v) is 12.8. The van der Waals surface area contributed by atoms with Gasteiger partial charge in [0.1, 0.15) is 5.82 Å². The van der Waals surface area contributed by atoms with E-state index in [-0.39, 0.29) is 12.7 Å². The topological polar surface area (TPSA) is 51.1 Å². The second kappa shape index (κ2) is 5.49. The fraction of sp³-hybridized carbons (Fsp3) is 0.111. The molecule has 0 aliphatic carbocycles. The predicted octanol–water partition coefficient (Wildman–Crippen LogP) is 3.36. The van der Waals surface area contributed by atoms with Gasteiger partial charge in [-0.2, -0.15) is 10.1 Å². The summed E-state index contributed by atoms with van der Waals surface area (Å²) in [5.74, 6) is 0.616. The summed E-state index contributed by atoms with van der Waals surface area (Å²) in [5, 5.41) is 5.45. The Kier molecular flexibility index (Phi) is 3.30. The number of hydrogen-bond acceptors (Lipinski definition) is 4. The maximum Gasteiger partial charge on any atom is 0.280 e. The van der Waals surface area contributed by atoms with Gasteiger partial charge in [0, 0.05) is 0 Å². The van der Waals surface area contributed by atoms with E-state index in [0.29, 0.717) is 28.5 Å². The smallest absolute Gasteiger partial charge is 0.280 e. The molecule has 120 valence electrons. The minimum absolute atomic E-state index is 0.197. The zero-order valence-electron chi connectivity index (χ0n) is 12.8. The molecule has 0 fully saturated rings. The van der Waals surface area contributed by atoms with Crippen LogP contribution in [0.15, 0.2) is 53.1 Å². The van der Waals surface area contributed by atoms with E-state index in [0.717, 1.165) is 5.56 Å². The number of fused-ring (bicyclic) bond motifs is 1. The van der Waals surface area contributed by atoms with Gasteiger partial charge in [-0.05, 0) is 48.9 Å². The second-order valence-electron chi connectivity index (χ2n) is 5.45. The molecular weight excluding hydrogens is 311 g/mol. The molecule has 0 bridgehead atoms. The summed E-state index contributed by atoms with van der Waals surface area (Å²) in [6.45, 7) is 1.94. The number of anilines is 1. The molecule has 2 aliphatic heterocycles.